The standard InChI is InChI=1S/C23H19F3N4O2S/c1-14-19(11-12-32-14)20-28-29-22(30(20)18-9-4-3-5-10-18)33-15(2)21(31)27-17-8-6-7-16(13-17)23(24,25)26/h3-13,15H,1-2H3,(H,27,31). The maximum absolute atomic E-state index is 13.0. The van der Waals surface area contributed by atoms with Crippen LogP contribution in [0.4, 0.5) is 18.9 Å². The van der Waals surface area contributed by atoms with Crippen molar-refractivity contribution >= 4 is 23.4 Å². The van der Waals surface area contributed by atoms with Crippen LogP contribution in [0.2, 0.25) is 0 Å². The average molecular weight is 472 g/mol. The third kappa shape index (κ3) is 4.95. The molecule has 0 aliphatic rings. The molecule has 2 aromatic heterocycles. The van der Waals surface area contributed by atoms with E-state index in [0.717, 1.165) is 35.1 Å². The Hall–Kier alpha value is -3.53. The SMILES string of the molecule is Cc1occc1-c1nnc(SC(C)C(=O)Nc2cccc(C(F)(F)F)c2)n1-c1ccccc1. The molecule has 0 fully saturated rings. The van der Waals surface area contributed by atoms with E-state index in [2.05, 4.69) is 15.5 Å². The zero-order chi connectivity index (χ0) is 23.6. The predicted octanol–water partition coefficient (Wildman–Crippen LogP) is 5.97. The van der Waals surface area contributed by atoms with Crippen LogP contribution in [-0.4, -0.2) is 25.9 Å². The highest BCUT2D eigenvalue weighted by Crippen LogP contribution is 2.33. The second-order valence-electron chi connectivity index (χ2n) is 7.20. The zero-order valence-corrected chi connectivity index (χ0v) is 18.4. The first-order valence-electron chi connectivity index (χ1n) is 9.94. The van der Waals surface area contributed by atoms with E-state index in [-0.39, 0.29) is 5.69 Å². The minimum atomic E-state index is -4.49. The van der Waals surface area contributed by atoms with Crippen molar-refractivity contribution in [3.05, 3.63) is 78.3 Å². The van der Waals surface area contributed by atoms with Crippen LogP contribution in [0.1, 0.15) is 18.2 Å². The van der Waals surface area contributed by atoms with Crippen LogP contribution in [0.3, 0.4) is 0 Å². The van der Waals surface area contributed by atoms with Gasteiger partial charge in [-0.25, -0.2) is 0 Å². The molecule has 1 amide bonds. The Labute approximate surface area is 191 Å². The van der Waals surface area contributed by atoms with Gasteiger partial charge in [0.15, 0.2) is 11.0 Å². The number of carbonyl (C=O) groups excluding carboxylic acids is 1. The number of hydrogen-bond donors (Lipinski definition) is 1. The number of nitrogens with zero attached hydrogens (tertiary/aromatic N) is 3. The fourth-order valence-electron chi connectivity index (χ4n) is 3.18. The van der Waals surface area contributed by atoms with E-state index in [4.69, 9.17) is 4.42 Å². The molecule has 10 heteroatoms. The van der Waals surface area contributed by atoms with E-state index in [1.807, 2.05) is 41.8 Å². The summed E-state index contributed by atoms with van der Waals surface area (Å²) in [4.78, 5) is 12.7. The van der Waals surface area contributed by atoms with Gasteiger partial charge in [0.2, 0.25) is 5.91 Å². The first-order chi connectivity index (χ1) is 15.7. The van der Waals surface area contributed by atoms with Gasteiger partial charge in [0.1, 0.15) is 5.76 Å². The van der Waals surface area contributed by atoms with Crippen LogP contribution < -0.4 is 5.32 Å². The number of anilines is 1. The van der Waals surface area contributed by atoms with Gasteiger partial charge in [0, 0.05) is 11.4 Å². The summed E-state index contributed by atoms with van der Waals surface area (Å²) in [5.41, 5.74) is 0.802. The molecule has 0 aliphatic heterocycles. The van der Waals surface area contributed by atoms with E-state index in [9.17, 15) is 18.0 Å². The summed E-state index contributed by atoms with van der Waals surface area (Å²) < 4.78 is 46.1. The van der Waals surface area contributed by atoms with Crippen LogP contribution in [0.5, 0.6) is 0 Å². The molecule has 2 aromatic carbocycles. The summed E-state index contributed by atoms with van der Waals surface area (Å²) >= 11 is 1.15. The summed E-state index contributed by atoms with van der Waals surface area (Å²) in [7, 11) is 0. The Morgan fingerprint density at radius 2 is 1.85 bits per heavy atom. The third-order valence-electron chi connectivity index (χ3n) is 4.86. The van der Waals surface area contributed by atoms with Crippen LogP contribution in [0, 0.1) is 6.92 Å². The van der Waals surface area contributed by atoms with Crippen molar-refractivity contribution in [3.8, 4) is 17.1 Å². The maximum atomic E-state index is 13.0. The van der Waals surface area contributed by atoms with E-state index in [0.29, 0.717) is 16.7 Å². The van der Waals surface area contributed by atoms with Crippen LogP contribution in [0.25, 0.3) is 17.1 Å². The number of rotatable bonds is 6. The molecule has 0 radical (unpaired) electrons. The van der Waals surface area contributed by atoms with Gasteiger partial charge in [-0.05, 0) is 50.2 Å². The third-order valence-corrected chi connectivity index (χ3v) is 5.90. The Kier molecular flexibility index (Phi) is 6.28. The summed E-state index contributed by atoms with van der Waals surface area (Å²) in [5.74, 6) is 0.773. The van der Waals surface area contributed by atoms with Gasteiger partial charge in [-0.15, -0.1) is 10.2 Å². The van der Waals surface area contributed by atoms with Crippen molar-refractivity contribution in [2.45, 2.75) is 30.4 Å². The number of hydrogen-bond acceptors (Lipinski definition) is 5. The monoisotopic (exact) mass is 472 g/mol. The van der Waals surface area contributed by atoms with Gasteiger partial charge in [-0.3, -0.25) is 9.36 Å². The van der Waals surface area contributed by atoms with Gasteiger partial charge in [-0.1, -0.05) is 36.0 Å². The number of halogens is 3. The topological polar surface area (TPSA) is 72.9 Å². The van der Waals surface area contributed by atoms with Crippen molar-refractivity contribution in [2.24, 2.45) is 0 Å². The van der Waals surface area contributed by atoms with Crippen LogP contribution >= 0.6 is 11.8 Å². The number of carbonyl (C=O) groups is 1. The molecule has 0 spiro atoms. The van der Waals surface area contributed by atoms with Crippen molar-refractivity contribution in [1.82, 2.24) is 14.8 Å². The smallest absolute Gasteiger partial charge is 0.416 e. The molecule has 1 N–H and O–H groups in total. The highest BCUT2D eigenvalue weighted by Gasteiger charge is 2.31. The second-order valence-corrected chi connectivity index (χ2v) is 8.50. The second kappa shape index (κ2) is 9.14. The number of alkyl halides is 3. The highest BCUT2D eigenvalue weighted by atomic mass is 32.2. The van der Waals surface area contributed by atoms with Crippen molar-refractivity contribution in [1.29, 1.82) is 0 Å². The molecule has 0 aliphatic carbocycles. The molecule has 0 bridgehead atoms. The Morgan fingerprint density at radius 1 is 1.09 bits per heavy atom. The average Bonchev–Trinajstić information content (AvgIpc) is 3.39. The number of aryl methyl sites for hydroxylation is 1. The van der Waals surface area contributed by atoms with Crippen molar-refractivity contribution < 1.29 is 22.4 Å². The summed E-state index contributed by atoms with van der Waals surface area (Å²) in [6.07, 6.45) is -2.93. The van der Waals surface area contributed by atoms with Crippen LogP contribution in [0.15, 0.2) is 76.5 Å². The largest absolute Gasteiger partial charge is 0.469 e. The summed E-state index contributed by atoms with van der Waals surface area (Å²) in [6, 6.07) is 15.7. The first kappa shape index (κ1) is 22.7. The lowest BCUT2D eigenvalue weighted by atomic mass is 10.2. The van der Waals surface area contributed by atoms with E-state index >= 15 is 0 Å². The number of benzene rings is 2. The maximum Gasteiger partial charge on any atom is 0.416 e. The fourth-order valence-corrected chi connectivity index (χ4v) is 4.04. The lowest BCUT2D eigenvalue weighted by Crippen LogP contribution is -2.23. The lowest BCUT2D eigenvalue weighted by Gasteiger charge is -2.14. The van der Waals surface area contributed by atoms with Crippen molar-refractivity contribution in [3.63, 3.8) is 0 Å². The summed E-state index contributed by atoms with van der Waals surface area (Å²) in [6.45, 7) is 3.47. The molecule has 33 heavy (non-hydrogen) atoms. The Balaban J connectivity index is 1.60. The van der Waals surface area contributed by atoms with E-state index in [1.165, 1.54) is 12.1 Å². The normalized spacial score (nSPS) is 12.5. The highest BCUT2D eigenvalue weighted by molar-refractivity contribution is 8.00. The molecule has 2 heterocycles. The van der Waals surface area contributed by atoms with E-state index in [1.54, 1.807) is 19.3 Å². The predicted molar refractivity (Wildman–Crippen MR) is 119 cm³/mol. The van der Waals surface area contributed by atoms with Gasteiger partial charge in [-0.2, -0.15) is 13.2 Å². The number of aromatic nitrogens is 3. The van der Waals surface area contributed by atoms with Crippen LogP contribution in [-0.2, 0) is 11.0 Å². The number of nitrogens with one attached hydrogen (secondary N) is 1. The molecule has 6 nitrogen and oxygen atoms in total. The lowest BCUT2D eigenvalue weighted by molar-refractivity contribution is -0.137. The fraction of sp³-hybridized carbons (Fsp3) is 0.174. The molecule has 0 saturated heterocycles. The molecule has 1 atom stereocenters. The summed E-state index contributed by atoms with van der Waals surface area (Å²) in [5, 5.41) is 10.9. The number of amides is 1. The Bertz CT molecular complexity index is 1270. The molecule has 0 saturated carbocycles. The number of furan rings is 1. The van der Waals surface area contributed by atoms with Gasteiger partial charge in [0.05, 0.1) is 22.6 Å². The molecule has 1 unspecified atom stereocenters. The molecule has 170 valence electrons. The minimum absolute atomic E-state index is 0.0708. The zero-order valence-electron chi connectivity index (χ0n) is 17.6. The quantitative estimate of drug-likeness (QED) is 0.350. The van der Waals surface area contributed by atoms with Gasteiger partial charge >= 0.3 is 6.18 Å². The first-order valence-corrected chi connectivity index (χ1v) is 10.8. The van der Waals surface area contributed by atoms with Gasteiger partial charge < -0.3 is 9.73 Å². The van der Waals surface area contributed by atoms with E-state index < -0.39 is 22.9 Å². The Morgan fingerprint density at radius 3 is 2.52 bits per heavy atom. The van der Waals surface area contributed by atoms with Crippen molar-refractivity contribution in [2.75, 3.05) is 5.32 Å². The number of para-hydroxylation sites is 1. The number of thioether (sulfide) groups is 1. The molecular weight excluding hydrogens is 453 g/mol. The molecular formula is C23H19F3N4O2S. The molecule has 4 aromatic rings. The van der Waals surface area contributed by atoms with Gasteiger partial charge in [0.25, 0.3) is 0 Å². The molecule has 4 rings (SSSR count). The minimum Gasteiger partial charge on any atom is -0.469 e.